The first-order valence-corrected chi connectivity index (χ1v) is 10.0. The molecule has 0 spiro atoms. The molecule has 0 saturated carbocycles. The van der Waals surface area contributed by atoms with E-state index in [1.54, 1.807) is 12.0 Å². The summed E-state index contributed by atoms with van der Waals surface area (Å²) in [7, 11) is 5.63. The van der Waals surface area contributed by atoms with Gasteiger partial charge in [0, 0.05) is 22.7 Å². The molecule has 0 aliphatic carbocycles. The van der Waals surface area contributed by atoms with Crippen molar-refractivity contribution in [3.63, 3.8) is 0 Å². The van der Waals surface area contributed by atoms with E-state index in [0.717, 1.165) is 26.1 Å². The number of carbonyl (C=O) groups excluding carboxylic acids is 1. The quantitative estimate of drug-likeness (QED) is 0.497. The zero-order valence-electron chi connectivity index (χ0n) is 14.9. The van der Waals surface area contributed by atoms with E-state index in [-0.39, 0.29) is 5.91 Å². The highest BCUT2D eigenvalue weighted by Crippen LogP contribution is 2.32. The number of fused-ring (bicyclic) bond motifs is 1. The minimum absolute atomic E-state index is 0.0251. The molecule has 5 nitrogen and oxygen atoms in total. The Morgan fingerprint density at radius 3 is 2.65 bits per heavy atom. The predicted molar refractivity (Wildman–Crippen MR) is 116 cm³/mol. The van der Waals surface area contributed by atoms with Crippen LogP contribution in [0.5, 0.6) is 5.75 Å². The van der Waals surface area contributed by atoms with Gasteiger partial charge in [-0.05, 0) is 61.0 Å². The minimum atomic E-state index is -0.0251. The monoisotopic (exact) mass is 481 g/mol. The van der Waals surface area contributed by atoms with Gasteiger partial charge in [-0.2, -0.15) is 0 Å². The summed E-state index contributed by atoms with van der Waals surface area (Å²) in [6.45, 7) is 1.34. The van der Waals surface area contributed by atoms with Gasteiger partial charge >= 0.3 is 0 Å². The Bertz CT molecular complexity index is 926. The minimum Gasteiger partial charge on any atom is -0.497 e. The average Bonchev–Trinajstić information content (AvgIpc) is 3.04. The number of thiazole rings is 1. The topological polar surface area (TPSA) is 45.7 Å². The standard InChI is InChI=1S/C19H20IN3O2S/c1-22(2)10-11-23(18(24)14-6-4-5-7-15(14)20)19-21-16-12-13(25-3)8-9-17(16)26-19/h4-9,12H,10-11H2,1-3H3. The molecular formula is C19H20IN3O2S. The number of halogens is 1. The Hall–Kier alpha value is -1.71. The number of nitrogens with zero attached hydrogens (tertiary/aromatic N) is 3. The number of carbonyl (C=O) groups is 1. The summed E-state index contributed by atoms with van der Waals surface area (Å²) in [6, 6.07) is 13.4. The molecule has 26 heavy (non-hydrogen) atoms. The van der Waals surface area contributed by atoms with Gasteiger partial charge in [0.1, 0.15) is 5.75 Å². The van der Waals surface area contributed by atoms with Crippen LogP contribution in [-0.2, 0) is 0 Å². The Morgan fingerprint density at radius 1 is 1.19 bits per heavy atom. The lowest BCUT2D eigenvalue weighted by Crippen LogP contribution is -2.37. The number of amides is 1. The summed E-state index contributed by atoms with van der Waals surface area (Å²) >= 11 is 3.72. The number of hydrogen-bond donors (Lipinski definition) is 0. The summed E-state index contributed by atoms with van der Waals surface area (Å²) in [5, 5.41) is 0.708. The van der Waals surface area contributed by atoms with Crippen LogP contribution in [0.3, 0.4) is 0 Å². The molecule has 7 heteroatoms. The molecule has 136 valence electrons. The first-order chi connectivity index (χ1) is 12.5. The second-order valence-electron chi connectivity index (χ2n) is 6.07. The normalized spacial score (nSPS) is 11.1. The molecule has 0 radical (unpaired) electrons. The molecule has 0 N–H and O–H groups in total. The fourth-order valence-corrected chi connectivity index (χ4v) is 4.09. The van der Waals surface area contributed by atoms with E-state index in [0.29, 0.717) is 17.2 Å². The van der Waals surface area contributed by atoms with Crippen LogP contribution < -0.4 is 9.64 Å². The second kappa shape index (κ2) is 8.32. The lowest BCUT2D eigenvalue weighted by atomic mass is 10.2. The van der Waals surface area contributed by atoms with Crippen molar-refractivity contribution in [3.8, 4) is 5.75 Å². The van der Waals surface area contributed by atoms with E-state index < -0.39 is 0 Å². The fraction of sp³-hybridized carbons (Fsp3) is 0.263. The smallest absolute Gasteiger partial charge is 0.261 e. The van der Waals surface area contributed by atoms with E-state index in [2.05, 4.69) is 27.5 Å². The van der Waals surface area contributed by atoms with Crippen molar-refractivity contribution in [3.05, 3.63) is 51.6 Å². The van der Waals surface area contributed by atoms with Crippen LogP contribution in [0.2, 0.25) is 0 Å². The van der Waals surface area contributed by atoms with Crippen LogP contribution >= 0.6 is 33.9 Å². The van der Waals surface area contributed by atoms with Crippen molar-refractivity contribution in [2.75, 3.05) is 39.2 Å². The summed E-state index contributed by atoms with van der Waals surface area (Å²) in [4.78, 5) is 21.8. The largest absolute Gasteiger partial charge is 0.497 e. The maximum Gasteiger partial charge on any atom is 0.261 e. The Morgan fingerprint density at radius 2 is 1.96 bits per heavy atom. The SMILES string of the molecule is COc1ccc2sc(N(CCN(C)C)C(=O)c3ccccc3I)nc2c1. The van der Waals surface area contributed by atoms with Gasteiger partial charge < -0.3 is 9.64 Å². The molecule has 0 aliphatic rings. The maximum atomic E-state index is 13.2. The van der Waals surface area contributed by atoms with E-state index >= 15 is 0 Å². The van der Waals surface area contributed by atoms with E-state index in [1.807, 2.05) is 56.6 Å². The molecule has 3 aromatic rings. The summed E-state index contributed by atoms with van der Waals surface area (Å²) < 4.78 is 7.25. The number of hydrogen-bond acceptors (Lipinski definition) is 5. The number of ether oxygens (including phenoxy) is 1. The number of benzene rings is 2. The molecule has 0 saturated heterocycles. The molecule has 1 aromatic heterocycles. The van der Waals surface area contributed by atoms with Crippen LogP contribution in [-0.4, -0.2) is 50.1 Å². The van der Waals surface area contributed by atoms with Gasteiger partial charge in [-0.3, -0.25) is 9.69 Å². The van der Waals surface area contributed by atoms with Crippen molar-refractivity contribution in [2.24, 2.45) is 0 Å². The van der Waals surface area contributed by atoms with Gasteiger partial charge in [0.05, 0.1) is 22.9 Å². The highest BCUT2D eigenvalue weighted by atomic mass is 127. The van der Waals surface area contributed by atoms with Crippen molar-refractivity contribution < 1.29 is 9.53 Å². The number of rotatable bonds is 6. The van der Waals surface area contributed by atoms with Crippen LogP contribution in [0.15, 0.2) is 42.5 Å². The number of methoxy groups -OCH3 is 1. The average molecular weight is 481 g/mol. The maximum absolute atomic E-state index is 13.2. The molecule has 0 aliphatic heterocycles. The molecule has 0 unspecified atom stereocenters. The van der Waals surface area contributed by atoms with Gasteiger partial charge in [-0.25, -0.2) is 4.98 Å². The third-order valence-corrected chi connectivity index (χ3v) is 5.93. The Balaban J connectivity index is 2.00. The molecule has 0 fully saturated rings. The first kappa shape index (κ1) is 19.1. The van der Waals surface area contributed by atoms with Gasteiger partial charge in [-0.1, -0.05) is 23.5 Å². The van der Waals surface area contributed by atoms with Gasteiger partial charge in [-0.15, -0.1) is 0 Å². The lowest BCUT2D eigenvalue weighted by Gasteiger charge is -2.22. The highest BCUT2D eigenvalue weighted by molar-refractivity contribution is 14.1. The third-order valence-electron chi connectivity index (χ3n) is 3.93. The Kier molecular flexibility index (Phi) is 6.10. The van der Waals surface area contributed by atoms with Crippen LogP contribution in [0, 0.1) is 3.57 Å². The zero-order chi connectivity index (χ0) is 18.7. The fourth-order valence-electron chi connectivity index (χ4n) is 2.50. The highest BCUT2D eigenvalue weighted by Gasteiger charge is 2.23. The molecule has 2 aromatic carbocycles. The first-order valence-electron chi connectivity index (χ1n) is 8.15. The van der Waals surface area contributed by atoms with E-state index in [9.17, 15) is 4.79 Å². The summed E-state index contributed by atoms with van der Waals surface area (Å²) in [6.07, 6.45) is 0. The lowest BCUT2D eigenvalue weighted by molar-refractivity contribution is 0.0984. The molecule has 3 rings (SSSR count). The van der Waals surface area contributed by atoms with E-state index in [4.69, 9.17) is 9.72 Å². The number of anilines is 1. The van der Waals surface area contributed by atoms with Crippen molar-refractivity contribution in [2.45, 2.75) is 0 Å². The second-order valence-corrected chi connectivity index (χ2v) is 8.24. The molecule has 0 atom stereocenters. The molecule has 0 bridgehead atoms. The summed E-state index contributed by atoms with van der Waals surface area (Å²) in [5.41, 5.74) is 1.54. The number of likely N-dealkylation sites (N-methyl/N-ethyl adjacent to an activating group) is 1. The van der Waals surface area contributed by atoms with Crippen molar-refractivity contribution in [1.29, 1.82) is 0 Å². The van der Waals surface area contributed by atoms with Gasteiger partial charge in [0.2, 0.25) is 0 Å². The Labute approximate surface area is 170 Å². The molecule has 1 amide bonds. The van der Waals surface area contributed by atoms with Crippen LogP contribution in [0.4, 0.5) is 5.13 Å². The predicted octanol–water partition coefficient (Wildman–Crippen LogP) is 4.12. The molecular weight excluding hydrogens is 461 g/mol. The van der Waals surface area contributed by atoms with Crippen molar-refractivity contribution in [1.82, 2.24) is 9.88 Å². The number of aromatic nitrogens is 1. The van der Waals surface area contributed by atoms with Gasteiger partial charge in [0.25, 0.3) is 5.91 Å². The van der Waals surface area contributed by atoms with Crippen LogP contribution in [0.25, 0.3) is 10.2 Å². The summed E-state index contributed by atoms with van der Waals surface area (Å²) in [5.74, 6) is 0.737. The molecule has 1 heterocycles. The third kappa shape index (κ3) is 4.16. The zero-order valence-corrected chi connectivity index (χ0v) is 17.9. The van der Waals surface area contributed by atoms with Crippen molar-refractivity contribution >= 4 is 55.2 Å². The van der Waals surface area contributed by atoms with Crippen LogP contribution in [0.1, 0.15) is 10.4 Å². The van der Waals surface area contributed by atoms with Gasteiger partial charge in [0.15, 0.2) is 5.13 Å². The van der Waals surface area contributed by atoms with E-state index in [1.165, 1.54) is 11.3 Å².